The first kappa shape index (κ1) is 18.9. The maximum Gasteiger partial charge on any atom is 0.229 e. The van der Waals surface area contributed by atoms with Gasteiger partial charge in [-0.15, -0.1) is 0 Å². The maximum absolute atomic E-state index is 13.0. The molecule has 1 aliphatic heterocycles. The molecule has 7 heteroatoms. The van der Waals surface area contributed by atoms with Gasteiger partial charge in [0.2, 0.25) is 5.91 Å². The first-order valence-electron chi connectivity index (χ1n) is 8.76. The van der Waals surface area contributed by atoms with Crippen LogP contribution in [-0.4, -0.2) is 53.9 Å². The number of hydrogen-bond acceptors (Lipinski definition) is 4. The van der Waals surface area contributed by atoms with Gasteiger partial charge in [0, 0.05) is 37.5 Å². The van der Waals surface area contributed by atoms with E-state index in [1.807, 2.05) is 30.3 Å². The highest BCUT2D eigenvalue weighted by molar-refractivity contribution is 6.30. The van der Waals surface area contributed by atoms with Crippen LogP contribution in [0.4, 0.5) is 0 Å². The Bertz CT molecular complexity index is 712. The average molecular weight is 377 g/mol. The van der Waals surface area contributed by atoms with Crippen molar-refractivity contribution in [3.05, 3.63) is 52.8 Å². The molecule has 1 saturated heterocycles. The van der Waals surface area contributed by atoms with Gasteiger partial charge in [0.1, 0.15) is 0 Å². The summed E-state index contributed by atoms with van der Waals surface area (Å²) in [5.74, 6) is 0.0721. The van der Waals surface area contributed by atoms with Crippen LogP contribution in [0.3, 0.4) is 0 Å². The molecule has 140 valence electrons. The number of aromatic nitrogens is 2. The smallest absolute Gasteiger partial charge is 0.229 e. The minimum Gasteiger partial charge on any atom is -0.383 e. The average Bonchev–Trinajstić information content (AvgIpc) is 3.11. The number of aromatic amines is 1. The first-order chi connectivity index (χ1) is 12.5. The van der Waals surface area contributed by atoms with Crippen LogP contribution in [0.1, 0.15) is 18.2 Å². The molecular formula is C19H25ClN4O2. The van der Waals surface area contributed by atoms with Gasteiger partial charge in [-0.25, -0.2) is 0 Å². The molecule has 2 N–H and O–H groups in total. The summed E-state index contributed by atoms with van der Waals surface area (Å²) < 4.78 is 5.25. The summed E-state index contributed by atoms with van der Waals surface area (Å²) in [6, 6.07) is 9.88. The zero-order chi connectivity index (χ0) is 18.6. The van der Waals surface area contributed by atoms with Gasteiger partial charge in [-0.1, -0.05) is 23.7 Å². The number of likely N-dealkylation sites (tertiary alicyclic amines) is 1. The van der Waals surface area contributed by atoms with Crippen LogP contribution in [0, 0.1) is 5.41 Å². The quantitative estimate of drug-likeness (QED) is 0.741. The summed E-state index contributed by atoms with van der Waals surface area (Å²) in [4.78, 5) is 15.3. The number of methoxy groups -OCH3 is 1. The number of ether oxygens (including phenoxy) is 1. The van der Waals surface area contributed by atoms with Crippen molar-refractivity contribution in [1.82, 2.24) is 20.4 Å². The molecule has 0 radical (unpaired) electrons. The Hall–Kier alpha value is -1.89. The number of benzene rings is 1. The van der Waals surface area contributed by atoms with E-state index in [0.717, 1.165) is 24.3 Å². The fraction of sp³-hybridized carbons (Fsp3) is 0.474. The topological polar surface area (TPSA) is 70.2 Å². The van der Waals surface area contributed by atoms with Crippen LogP contribution >= 0.6 is 11.6 Å². The summed E-state index contributed by atoms with van der Waals surface area (Å²) >= 11 is 5.99. The molecule has 1 aliphatic rings. The van der Waals surface area contributed by atoms with Crippen molar-refractivity contribution >= 4 is 17.5 Å². The Morgan fingerprint density at radius 3 is 2.73 bits per heavy atom. The van der Waals surface area contributed by atoms with Gasteiger partial charge in [0.15, 0.2) is 0 Å². The van der Waals surface area contributed by atoms with Gasteiger partial charge in [-0.2, -0.15) is 5.10 Å². The summed E-state index contributed by atoms with van der Waals surface area (Å²) in [7, 11) is 1.70. The van der Waals surface area contributed by atoms with E-state index < -0.39 is 5.41 Å². The van der Waals surface area contributed by atoms with E-state index >= 15 is 0 Å². The second-order valence-electron chi connectivity index (χ2n) is 7.06. The molecule has 0 spiro atoms. The third-order valence-electron chi connectivity index (χ3n) is 4.98. The molecule has 2 aromatic rings. The molecule has 1 fully saturated rings. The predicted octanol–water partition coefficient (Wildman–Crippen LogP) is 2.26. The van der Waals surface area contributed by atoms with Gasteiger partial charge in [-0.3, -0.25) is 14.8 Å². The molecule has 1 atom stereocenters. The van der Waals surface area contributed by atoms with Gasteiger partial charge in [0.05, 0.1) is 24.3 Å². The number of amides is 1. The number of nitrogens with one attached hydrogen (secondary N) is 2. The van der Waals surface area contributed by atoms with Crippen molar-refractivity contribution in [2.45, 2.75) is 25.9 Å². The highest BCUT2D eigenvalue weighted by atomic mass is 35.5. The molecule has 2 heterocycles. The molecule has 1 aromatic heterocycles. The predicted molar refractivity (Wildman–Crippen MR) is 101 cm³/mol. The Balaban J connectivity index is 1.69. The Morgan fingerprint density at radius 2 is 2.12 bits per heavy atom. The lowest BCUT2D eigenvalue weighted by atomic mass is 9.73. The highest BCUT2D eigenvalue weighted by Crippen LogP contribution is 2.36. The van der Waals surface area contributed by atoms with Gasteiger partial charge >= 0.3 is 0 Å². The van der Waals surface area contributed by atoms with Crippen molar-refractivity contribution in [2.24, 2.45) is 5.41 Å². The van der Waals surface area contributed by atoms with Crippen molar-refractivity contribution in [3.8, 4) is 0 Å². The van der Waals surface area contributed by atoms with E-state index in [1.165, 1.54) is 0 Å². The summed E-state index contributed by atoms with van der Waals surface area (Å²) in [6.45, 7) is 4.67. The standard InChI is InChI=1S/C19H25ClN4O2/c1-14(11-26-2)24-12-19(13-24,9-15-3-5-16(20)6-4-15)18(25)21-10-17-7-8-22-23-17/h3-8,14H,9-13H2,1-2H3,(H,21,25)(H,22,23). The zero-order valence-corrected chi connectivity index (χ0v) is 15.9. The van der Waals surface area contributed by atoms with E-state index in [1.54, 1.807) is 13.3 Å². The van der Waals surface area contributed by atoms with Crippen LogP contribution in [0.25, 0.3) is 0 Å². The lowest BCUT2D eigenvalue weighted by Gasteiger charge is -2.51. The molecule has 3 rings (SSSR count). The number of carbonyl (C=O) groups excluding carboxylic acids is 1. The van der Waals surface area contributed by atoms with Crippen molar-refractivity contribution in [3.63, 3.8) is 0 Å². The number of H-pyrrole nitrogens is 1. The zero-order valence-electron chi connectivity index (χ0n) is 15.2. The summed E-state index contributed by atoms with van der Waals surface area (Å²) in [5, 5.41) is 10.6. The van der Waals surface area contributed by atoms with Crippen molar-refractivity contribution < 1.29 is 9.53 Å². The van der Waals surface area contributed by atoms with E-state index in [-0.39, 0.29) is 5.91 Å². The molecule has 1 aromatic carbocycles. The summed E-state index contributed by atoms with van der Waals surface area (Å²) in [5.41, 5.74) is 1.57. The van der Waals surface area contributed by atoms with Crippen LogP contribution in [-0.2, 0) is 22.5 Å². The van der Waals surface area contributed by atoms with Crippen molar-refractivity contribution in [2.75, 3.05) is 26.8 Å². The fourth-order valence-electron chi connectivity index (χ4n) is 3.46. The summed E-state index contributed by atoms with van der Waals surface area (Å²) in [6.07, 6.45) is 2.37. The molecule has 0 aliphatic carbocycles. The lowest BCUT2D eigenvalue weighted by Crippen LogP contribution is -2.66. The minimum absolute atomic E-state index is 0.0721. The minimum atomic E-state index is -0.435. The van der Waals surface area contributed by atoms with Crippen LogP contribution in [0.5, 0.6) is 0 Å². The molecule has 1 unspecified atom stereocenters. The largest absolute Gasteiger partial charge is 0.383 e. The monoisotopic (exact) mass is 376 g/mol. The first-order valence-corrected chi connectivity index (χ1v) is 9.14. The highest BCUT2D eigenvalue weighted by Gasteiger charge is 2.50. The second-order valence-corrected chi connectivity index (χ2v) is 7.49. The maximum atomic E-state index is 13.0. The molecule has 0 bridgehead atoms. The normalized spacial score (nSPS) is 17.5. The number of halogens is 1. The van der Waals surface area contributed by atoms with E-state index in [0.29, 0.717) is 30.6 Å². The third-order valence-corrected chi connectivity index (χ3v) is 5.23. The number of rotatable bonds is 8. The van der Waals surface area contributed by atoms with Crippen LogP contribution < -0.4 is 5.32 Å². The van der Waals surface area contributed by atoms with Crippen LogP contribution in [0.15, 0.2) is 36.5 Å². The number of hydrogen-bond donors (Lipinski definition) is 2. The Morgan fingerprint density at radius 1 is 1.38 bits per heavy atom. The van der Waals surface area contributed by atoms with Gasteiger partial charge in [-0.05, 0) is 37.1 Å². The third kappa shape index (κ3) is 4.26. The molecule has 0 saturated carbocycles. The number of carbonyl (C=O) groups is 1. The SMILES string of the molecule is COCC(C)N1CC(Cc2ccc(Cl)cc2)(C(=O)NCc2ccn[nH]2)C1. The molecule has 6 nitrogen and oxygen atoms in total. The fourth-order valence-corrected chi connectivity index (χ4v) is 3.59. The Labute approximate surface area is 158 Å². The molecule has 1 amide bonds. The second kappa shape index (κ2) is 8.20. The van der Waals surface area contributed by atoms with Crippen LogP contribution in [0.2, 0.25) is 5.02 Å². The Kier molecular flexibility index (Phi) is 5.96. The van der Waals surface area contributed by atoms with E-state index in [2.05, 4.69) is 27.3 Å². The number of nitrogens with zero attached hydrogens (tertiary/aromatic N) is 2. The lowest BCUT2D eigenvalue weighted by molar-refractivity contribution is -0.145. The van der Waals surface area contributed by atoms with E-state index in [9.17, 15) is 4.79 Å². The van der Waals surface area contributed by atoms with Gasteiger partial charge < -0.3 is 10.1 Å². The van der Waals surface area contributed by atoms with Crippen molar-refractivity contribution in [1.29, 1.82) is 0 Å². The molecule has 26 heavy (non-hydrogen) atoms. The van der Waals surface area contributed by atoms with E-state index in [4.69, 9.17) is 16.3 Å². The molecular weight excluding hydrogens is 352 g/mol. The van der Waals surface area contributed by atoms with Gasteiger partial charge in [0.25, 0.3) is 0 Å².